The lowest BCUT2D eigenvalue weighted by atomic mass is 9.96. The van der Waals surface area contributed by atoms with Gasteiger partial charge in [-0.3, -0.25) is 0 Å². The van der Waals surface area contributed by atoms with E-state index in [0.717, 1.165) is 11.4 Å². The van der Waals surface area contributed by atoms with Crippen molar-refractivity contribution in [1.82, 2.24) is 5.32 Å². The maximum absolute atomic E-state index is 5.33. The molecule has 0 heterocycles. The highest BCUT2D eigenvalue weighted by Crippen LogP contribution is 2.19. The molecule has 0 aromatic heterocycles. The van der Waals surface area contributed by atoms with Gasteiger partial charge < -0.3 is 15.4 Å². The lowest BCUT2D eigenvalue weighted by molar-refractivity contribution is 0.414. The number of methoxy groups -OCH3 is 1. The number of ether oxygens (including phenoxy) is 1. The van der Waals surface area contributed by atoms with Gasteiger partial charge in [-0.2, -0.15) is 0 Å². The Hall–Kier alpha value is -1.29. The highest BCUT2D eigenvalue weighted by molar-refractivity contribution is 7.80. The largest absolute Gasteiger partial charge is 0.497 e. The maximum atomic E-state index is 5.33. The Morgan fingerprint density at radius 2 is 2.06 bits per heavy atom. The van der Waals surface area contributed by atoms with E-state index in [9.17, 15) is 0 Å². The molecule has 3 nitrogen and oxygen atoms in total. The van der Waals surface area contributed by atoms with E-state index < -0.39 is 0 Å². The van der Waals surface area contributed by atoms with E-state index in [4.69, 9.17) is 17.0 Å². The van der Waals surface area contributed by atoms with Crippen molar-refractivity contribution in [2.24, 2.45) is 0 Å². The van der Waals surface area contributed by atoms with Gasteiger partial charge in [-0.15, -0.1) is 0 Å². The number of benzene rings is 1. The van der Waals surface area contributed by atoms with Gasteiger partial charge in [0, 0.05) is 17.8 Å². The fourth-order valence-electron chi connectivity index (χ4n) is 2.30. The number of hydrogen-bond donors (Lipinski definition) is 2. The minimum absolute atomic E-state index is 0.532. The zero-order valence-corrected chi connectivity index (χ0v) is 11.6. The first-order chi connectivity index (χ1) is 8.78. The molecular weight excluding hydrogens is 244 g/mol. The maximum Gasteiger partial charge on any atom is 0.170 e. The van der Waals surface area contributed by atoms with Crippen molar-refractivity contribution >= 4 is 23.0 Å². The van der Waals surface area contributed by atoms with Crippen molar-refractivity contribution in [2.75, 3.05) is 12.4 Å². The molecule has 0 saturated heterocycles. The summed E-state index contributed by atoms with van der Waals surface area (Å²) in [7, 11) is 1.66. The Balaban J connectivity index is 1.85. The lowest BCUT2D eigenvalue weighted by Gasteiger charge is -2.24. The SMILES string of the molecule is COc1cccc(NC(=S)NC2CCCCC2)c1. The quantitative estimate of drug-likeness (QED) is 0.821. The molecule has 0 unspecified atom stereocenters. The van der Waals surface area contributed by atoms with Gasteiger partial charge >= 0.3 is 0 Å². The van der Waals surface area contributed by atoms with Gasteiger partial charge in [0.05, 0.1) is 7.11 Å². The first-order valence-corrected chi connectivity index (χ1v) is 6.90. The predicted octanol–water partition coefficient (Wildman–Crippen LogP) is 3.31. The predicted molar refractivity (Wildman–Crippen MR) is 79.2 cm³/mol. The standard InChI is InChI=1S/C14H20N2OS/c1-17-13-9-5-8-12(10-13)16-14(18)15-11-6-3-2-4-7-11/h5,8-11H,2-4,6-7H2,1H3,(H2,15,16,18). The zero-order valence-electron chi connectivity index (χ0n) is 10.7. The Morgan fingerprint density at radius 1 is 1.28 bits per heavy atom. The monoisotopic (exact) mass is 264 g/mol. The second kappa shape index (κ2) is 6.59. The highest BCUT2D eigenvalue weighted by Gasteiger charge is 2.13. The van der Waals surface area contributed by atoms with E-state index in [1.807, 2.05) is 24.3 Å². The van der Waals surface area contributed by atoms with E-state index in [0.29, 0.717) is 11.2 Å². The fraction of sp³-hybridized carbons (Fsp3) is 0.500. The van der Waals surface area contributed by atoms with Gasteiger partial charge in [-0.1, -0.05) is 25.3 Å². The molecule has 0 amide bonds. The molecule has 1 fully saturated rings. The number of anilines is 1. The van der Waals surface area contributed by atoms with Crippen LogP contribution in [0.15, 0.2) is 24.3 Å². The molecule has 0 bridgehead atoms. The smallest absolute Gasteiger partial charge is 0.170 e. The molecule has 1 aromatic carbocycles. The molecule has 1 aromatic rings. The topological polar surface area (TPSA) is 33.3 Å². The van der Waals surface area contributed by atoms with Crippen molar-refractivity contribution in [3.8, 4) is 5.75 Å². The van der Waals surface area contributed by atoms with E-state index in [1.165, 1.54) is 32.1 Å². The first kappa shape index (κ1) is 13.1. The van der Waals surface area contributed by atoms with E-state index in [1.54, 1.807) is 7.11 Å². The van der Waals surface area contributed by atoms with E-state index >= 15 is 0 Å². The lowest BCUT2D eigenvalue weighted by Crippen LogP contribution is -2.38. The zero-order chi connectivity index (χ0) is 12.8. The Bertz CT molecular complexity index is 403. The molecule has 98 valence electrons. The molecule has 0 atom stereocenters. The van der Waals surface area contributed by atoms with Crippen LogP contribution in [0.1, 0.15) is 32.1 Å². The third-order valence-electron chi connectivity index (χ3n) is 3.27. The Kier molecular flexibility index (Phi) is 4.81. The van der Waals surface area contributed by atoms with Crippen LogP contribution in [0, 0.1) is 0 Å². The molecule has 1 aliphatic rings. The number of nitrogens with one attached hydrogen (secondary N) is 2. The minimum atomic E-state index is 0.532. The van der Waals surface area contributed by atoms with Crippen molar-refractivity contribution < 1.29 is 4.74 Å². The highest BCUT2D eigenvalue weighted by atomic mass is 32.1. The summed E-state index contributed by atoms with van der Waals surface area (Å²) in [5, 5.41) is 7.29. The second-order valence-electron chi connectivity index (χ2n) is 4.67. The third kappa shape index (κ3) is 3.88. The van der Waals surface area contributed by atoms with E-state index in [-0.39, 0.29) is 0 Å². The molecule has 0 radical (unpaired) electrons. The molecule has 0 aliphatic heterocycles. The van der Waals surface area contributed by atoms with Crippen molar-refractivity contribution in [3.63, 3.8) is 0 Å². The summed E-state index contributed by atoms with van der Waals surface area (Å²) in [6.07, 6.45) is 6.41. The van der Waals surface area contributed by atoms with Gasteiger partial charge in [0.2, 0.25) is 0 Å². The molecule has 2 N–H and O–H groups in total. The molecule has 1 saturated carbocycles. The molecule has 18 heavy (non-hydrogen) atoms. The van der Waals surface area contributed by atoms with Crippen LogP contribution in [0.25, 0.3) is 0 Å². The average molecular weight is 264 g/mol. The molecule has 0 spiro atoms. The summed E-state index contributed by atoms with van der Waals surface area (Å²) < 4.78 is 5.18. The van der Waals surface area contributed by atoms with Crippen LogP contribution < -0.4 is 15.4 Å². The average Bonchev–Trinajstić information content (AvgIpc) is 2.40. The van der Waals surface area contributed by atoms with Crippen molar-refractivity contribution in [1.29, 1.82) is 0 Å². The van der Waals surface area contributed by atoms with Crippen LogP contribution in [-0.2, 0) is 0 Å². The van der Waals surface area contributed by atoms with Crippen molar-refractivity contribution in [2.45, 2.75) is 38.1 Å². The summed E-state index contributed by atoms with van der Waals surface area (Å²) in [6, 6.07) is 8.32. The summed E-state index contributed by atoms with van der Waals surface area (Å²) >= 11 is 5.33. The molecule has 2 rings (SSSR count). The van der Waals surface area contributed by atoms with Gasteiger partial charge in [0.15, 0.2) is 5.11 Å². The summed E-state index contributed by atoms with van der Waals surface area (Å²) in [5.41, 5.74) is 0.961. The number of hydrogen-bond acceptors (Lipinski definition) is 2. The normalized spacial score (nSPS) is 16.1. The second-order valence-corrected chi connectivity index (χ2v) is 5.07. The summed E-state index contributed by atoms with van der Waals surface area (Å²) in [5.74, 6) is 0.834. The Labute approximate surface area is 114 Å². The van der Waals surface area contributed by atoms with Crippen LogP contribution in [0.5, 0.6) is 5.75 Å². The van der Waals surface area contributed by atoms with Crippen LogP contribution in [0.2, 0.25) is 0 Å². The summed E-state index contributed by atoms with van der Waals surface area (Å²) in [4.78, 5) is 0. The number of thiocarbonyl (C=S) groups is 1. The molecule has 1 aliphatic carbocycles. The van der Waals surface area contributed by atoms with Gasteiger partial charge in [0.25, 0.3) is 0 Å². The minimum Gasteiger partial charge on any atom is -0.497 e. The molecule has 4 heteroatoms. The summed E-state index contributed by atoms with van der Waals surface area (Å²) in [6.45, 7) is 0. The molecular formula is C14H20N2OS. The van der Waals surface area contributed by atoms with Crippen LogP contribution in [0.3, 0.4) is 0 Å². The Morgan fingerprint density at radius 3 is 2.78 bits per heavy atom. The first-order valence-electron chi connectivity index (χ1n) is 6.49. The van der Waals surface area contributed by atoms with E-state index in [2.05, 4.69) is 10.6 Å². The van der Waals surface area contributed by atoms with Gasteiger partial charge in [0.1, 0.15) is 5.75 Å². The van der Waals surface area contributed by atoms with Gasteiger partial charge in [-0.05, 0) is 37.2 Å². The third-order valence-corrected chi connectivity index (χ3v) is 3.49. The van der Waals surface area contributed by atoms with Gasteiger partial charge in [-0.25, -0.2) is 0 Å². The fourth-order valence-corrected chi connectivity index (χ4v) is 2.58. The number of rotatable bonds is 3. The van der Waals surface area contributed by atoms with Crippen LogP contribution >= 0.6 is 12.2 Å². The van der Waals surface area contributed by atoms with Crippen molar-refractivity contribution in [3.05, 3.63) is 24.3 Å². The van der Waals surface area contributed by atoms with Crippen LogP contribution in [0.4, 0.5) is 5.69 Å². The van der Waals surface area contributed by atoms with Crippen LogP contribution in [-0.4, -0.2) is 18.3 Å².